The highest BCUT2D eigenvalue weighted by molar-refractivity contribution is 7.89. The van der Waals surface area contributed by atoms with Gasteiger partial charge in [0.1, 0.15) is 17.1 Å². The zero-order valence-electron chi connectivity index (χ0n) is 10.2. The molecule has 1 aromatic rings. The molecular weight excluding hydrogens is 258 g/mol. The maximum absolute atomic E-state index is 11.8. The lowest BCUT2D eigenvalue weighted by molar-refractivity contribution is 0.0695. The Balaban J connectivity index is 2.20. The van der Waals surface area contributed by atoms with E-state index in [9.17, 15) is 13.2 Å². The van der Waals surface area contributed by atoms with E-state index in [4.69, 9.17) is 9.52 Å². The molecule has 7 heteroatoms. The fourth-order valence-electron chi connectivity index (χ4n) is 2.15. The van der Waals surface area contributed by atoms with E-state index in [1.165, 1.54) is 10.4 Å². The second kappa shape index (κ2) is 4.40. The van der Waals surface area contributed by atoms with Gasteiger partial charge in [0, 0.05) is 6.54 Å². The zero-order chi connectivity index (χ0) is 13.5. The number of sulfonamides is 1. The van der Waals surface area contributed by atoms with E-state index in [2.05, 4.69) is 0 Å². The van der Waals surface area contributed by atoms with Gasteiger partial charge in [-0.3, -0.25) is 0 Å². The largest absolute Gasteiger partial charge is 0.478 e. The predicted molar refractivity (Wildman–Crippen MR) is 63.8 cm³/mol. The van der Waals surface area contributed by atoms with Crippen LogP contribution in [0.1, 0.15) is 28.8 Å². The molecule has 0 bridgehead atoms. The molecule has 18 heavy (non-hydrogen) atoms. The zero-order valence-corrected chi connectivity index (χ0v) is 11.0. The highest BCUT2D eigenvalue weighted by Gasteiger charge is 2.34. The van der Waals surface area contributed by atoms with Crippen molar-refractivity contribution in [3.8, 4) is 0 Å². The first kappa shape index (κ1) is 13.1. The number of rotatable bonds is 3. The van der Waals surface area contributed by atoms with Gasteiger partial charge in [-0.15, -0.1) is 0 Å². The minimum atomic E-state index is -3.23. The van der Waals surface area contributed by atoms with Crippen LogP contribution < -0.4 is 0 Å². The molecule has 100 valence electrons. The van der Waals surface area contributed by atoms with Crippen molar-refractivity contribution in [2.45, 2.75) is 20.4 Å². The van der Waals surface area contributed by atoms with Gasteiger partial charge in [-0.05, 0) is 18.9 Å². The molecule has 1 unspecified atom stereocenters. The van der Waals surface area contributed by atoms with Gasteiger partial charge in [0.15, 0.2) is 0 Å². The fourth-order valence-corrected chi connectivity index (χ4v) is 3.99. The molecule has 1 aliphatic rings. The van der Waals surface area contributed by atoms with Crippen LogP contribution in [0, 0.1) is 12.8 Å². The van der Waals surface area contributed by atoms with Gasteiger partial charge >= 0.3 is 5.97 Å². The topological polar surface area (TPSA) is 87.8 Å². The lowest BCUT2D eigenvalue weighted by Gasteiger charge is -2.12. The first-order valence-electron chi connectivity index (χ1n) is 5.60. The summed E-state index contributed by atoms with van der Waals surface area (Å²) in [5, 5.41) is 8.89. The predicted octanol–water partition coefficient (Wildman–Crippen LogP) is 1.07. The van der Waals surface area contributed by atoms with Crippen molar-refractivity contribution in [2.75, 3.05) is 12.3 Å². The molecule has 1 saturated heterocycles. The summed E-state index contributed by atoms with van der Waals surface area (Å²) in [5.74, 6) is -0.187. The molecule has 0 amide bonds. The smallest absolute Gasteiger partial charge is 0.339 e. The second-order valence-corrected chi connectivity index (χ2v) is 6.68. The Morgan fingerprint density at radius 1 is 1.61 bits per heavy atom. The quantitative estimate of drug-likeness (QED) is 0.890. The summed E-state index contributed by atoms with van der Waals surface area (Å²) in [6.07, 6.45) is 0. The Hall–Kier alpha value is -1.34. The number of hydrogen-bond donors (Lipinski definition) is 1. The summed E-state index contributed by atoms with van der Waals surface area (Å²) in [5.41, 5.74) is 0.0784. The van der Waals surface area contributed by atoms with E-state index in [0.717, 1.165) is 0 Å². The number of carboxylic acids is 1. The van der Waals surface area contributed by atoms with E-state index < -0.39 is 16.0 Å². The van der Waals surface area contributed by atoms with Crippen molar-refractivity contribution >= 4 is 16.0 Å². The van der Waals surface area contributed by atoms with Gasteiger partial charge in [-0.1, -0.05) is 6.92 Å². The highest BCUT2D eigenvalue weighted by Crippen LogP contribution is 2.23. The first-order valence-corrected chi connectivity index (χ1v) is 7.21. The van der Waals surface area contributed by atoms with E-state index in [1.54, 1.807) is 6.92 Å². The summed E-state index contributed by atoms with van der Waals surface area (Å²) >= 11 is 0. The number of furan rings is 1. The van der Waals surface area contributed by atoms with Crippen LogP contribution in [-0.4, -0.2) is 36.1 Å². The molecule has 0 spiro atoms. The van der Waals surface area contributed by atoms with Crippen molar-refractivity contribution in [1.29, 1.82) is 0 Å². The maximum atomic E-state index is 11.8. The number of nitrogens with zero attached hydrogens (tertiary/aromatic N) is 1. The van der Waals surface area contributed by atoms with Gasteiger partial charge < -0.3 is 9.52 Å². The van der Waals surface area contributed by atoms with Crippen LogP contribution in [0.4, 0.5) is 0 Å². The Bertz CT molecular complexity index is 574. The number of aromatic carboxylic acids is 1. The average molecular weight is 273 g/mol. The molecule has 1 N–H and O–H groups in total. The standard InChI is InChI=1S/C11H15NO5S/c1-7-4-12(18(15,16)6-7)5-9-3-10(11(13)14)8(2)17-9/h3,7H,4-6H2,1-2H3,(H,13,14). The number of carboxylic acid groups (broad SMARTS) is 1. The fraction of sp³-hybridized carbons (Fsp3) is 0.545. The average Bonchev–Trinajstić information content (AvgIpc) is 2.68. The molecule has 0 radical (unpaired) electrons. The van der Waals surface area contributed by atoms with E-state index >= 15 is 0 Å². The normalized spacial score (nSPS) is 23.3. The summed E-state index contributed by atoms with van der Waals surface area (Å²) < 4.78 is 30.2. The Morgan fingerprint density at radius 3 is 2.72 bits per heavy atom. The van der Waals surface area contributed by atoms with Crippen LogP contribution in [0.3, 0.4) is 0 Å². The van der Waals surface area contributed by atoms with Crippen molar-refractivity contribution in [3.05, 3.63) is 23.2 Å². The highest BCUT2D eigenvalue weighted by atomic mass is 32.2. The molecule has 1 fully saturated rings. The van der Waals surface area contributed by atoms with Gasteiger partial charge in [-0.25, -0.2) is 13.2 Å². The molecule has 2 rings (SSSR count). The third-order valence-electron chi connectivity index (χ3n) is 2.94. The monoisotopic (exact) mass is 273 g/mol. The van der Waals surface area contributed by atoms with Crippen LogP contribution >= 0.6 is 0 Å². The lowest BCUT2D eigenvalue weighted by atomic mass is 10.2. The summed E-state index contributed by atoms with van der Waals surface area (Å²) in [7, 11) is -3.23. The van der Waals surface area contributed by atoms with Crippen molar-refractivity contribution in [2.24, 2.45) is 5.92 Å². The van der Waals surface area contributed by atoms with Gasteiger partial charge in [0.05, 0.1) is 12.3 Å². The minimum Gasteiger partial charge on any atom is -0.478 e. The Labute approximate surface area is 105 Å². The van der Waals surface area contributed by atoms with Crippen LogP contribution in [0.15, 0.2) is 10.5 Å². The van der Waals surface area contributed by atoms with Crippen molar-refractivity contribution in [3.63, 3.8) is 0 Å². The lowest BCUT2D eigenvalue weighted by Crippen LogP contribution is -2.25. The van der Waals surface area contributed by atoms with Crippen LogP contribution in [-0.2, 0) is 16.6 Å². The second-order valence-electron chi connectivity index (χ2n) is 4.66. The molecule has 2 heterocycles. The van der Waals surface area contributed by atoms with E-state index in [0.29, 0.717) is 18.1 Å². The molecule has 1 aliphatic heterocycles. The number of carbonyl (C=O) groups is 1. The molecule has 0 aliphatic carbocycles. The first-order chi connectivity index (χ1) is 8.29. The van der Waals surface area contributed by atoms with Gasteiger partial charge in [0.2, 0.25) is 10.0 Å². The van der Waals surface area contributed by atoms with E-state index in [-0.39, 0.29) is 23.8 Å². The third kappa shape index (κ3) is 2.41. The maximum Gasteiger partial charge on any atom is 0.339 e. The molecular formula is C11H15NO5S. The van der Waals surface area contributed by atoms with Crippen LogP contribution in [0.5, 0.6) is 0 Å². The third-order valence-corrected chi connectivity index (χ3v) is 4.99. The van der Waals surface area contributed by atoms with Crippen LogP contribution in [0.2, 0.25) is 0 Å². The Morgan fingerprint density at radius 2 is 2.28 bits per heavy atom. The number of aryl methyl sites for hydroxylation is 1. The molecule has 0 aromatic carbocycles. The molecule has 0 saturated carbocycles. The Kier molecular flexibility index (Phi) is 3.20. The minimum absolute atomic E-state index is 0.0784. The summed E-state index contributed by atoms with van der Waals surface area (Å²) in [6, 6.07) is 1.39. The number of hydrogen-bond acceptors (Lipinski definition) is 4. The molecule has 1 atom stereocenters. The van der Waals surface area contributed by atoms with Crippen molar-refractivity contribution < 1.29 is 22.7 Å². The van der Waals surface area contributed by atoms with Crippen molar-refractivity contribution in [1.82, 2.24) is 4.31 Å². The van der Waals surface area contributed by atoms with Crippen LogP contribution in [0.25, 0.3) is 0 Å². The SMILES string of the molecule is Cc1oc(CN2CC(C)CS2(=O)=O)cc1C(=O)O. The van der Waals surface area contributed by atoms with Gasteiger partial charge in [-0.2, -0.15) is 4.31 Å². The summed E-state index contributed by atoms with van der Waals surface area (Å²) in [6.45, 7) is 3.97. The van der Waals surface area contributed by atoms with E-state index in [1.807, 2.05) is 6.92 Å². The molecule has 6 nitrogen and oxygen atoms in total. The summed E-state index contributed by atoms with van der Waals surface area (Å²) in [4.78, 5) is 10.9. The van der Waals surface area contributed by atoms with Gasteiger partial charge in [0.25, 0.3) is 0 Å². The molecule has 1 aromatic heterocycles.